The van der Waals surface area contributed by atoms with Crippen molar-refractivity contribution in [3.63, 3.8) is 0 Å². The van der Waals surface area contributed by atoms with Gasteiger partial charge in [-0.2, -0.15) is 0 Å². The molecule has 0 radical (unpaired) electrons. The fourth-order valence-electron chi connectivity index (χ4n) is 2.34. The molecule has 1 aliphatic heterocycles. The van der Waals surface area contributed by atoms with Crippen molar-refractivity contribution < 1.29 is 5.11 Å². The van der Waals surface area contributed by atoms with E-state index >= 15 is 0 Å². The molecule has 0 aromatic rings. The van der Waals surface area contributed by atoms with Crippen LogP contribution in [0.3, 0.4) is 0 Å². The minimum atomic E-state index is 0.202. The van der Waals surface area contributed by atoms with E-state index < -0.39 is 0 Å². The number of aliphatic hydroxyl groups is 1. The molecule has 1 heterocycles. The van der Waals surface area contributed by atoms with Crippen LogP contribution in [0.2, 0.25) is 0 Å². The van der Waals surface area contributed by atoms with Crippen molar-refractivity contribution in [2.24, 2.45) is 11.3 Å². The molecule has 0 spiro atoms. The fraction of sp³-hybridized carbons (Fsp3) is 1.00. The normalized spacial score (nSPS) is 28.3. The molecule has 1 aliphatic rings. The highest BCUT2D eigenvalue weighted by Gasteiger charge is 2.30. The number of rotatable bonds is 5. The molecule has 0 saturated carbocycles. The maximum atomic E-state index is 9.47. The molecular weight excluding hydrogens is 174 g/mol. The largest absolute Gasteiger partial charge is 0.396 e. The van der Waals surface area contributed by atoms with Gasteiger partial charge in [0.25, 0.3) is 0 Å². The van der Waals surface area contributed by atoms with Crippen LogP contribution in [-0.4, -0.2) is 24.8 Å². The van der Waals surface area contributed by atoms with Gasteiger partial charge in [-0.3, -0.25) is 0 Å². The lowest BCUT2D eigenvalue weighted by Crippen LogP contribution is -2.42. The summed E-state index contributed by atoms with van der Waals surface area (Å²) in [5, 5.41) is 12.9. The van der Waals surface area contributed by atoms with Gasteiger partial charge in [-0.1, -0.05) is 26.7 Å². The molecule has 0 bridgehead atoms. The van der Waals surface area contributed by atoms with Crippen LogP contribution in [0.5, 0.6) is 0 Å². The van der Waals surface area contributed by atoms with Crippen molar-refractivity contribution in [2.45, 2.75) is 46.0 Å². The summed E-state index contributed by atoms with van der Waals surface area (Å²) in [5.41, 5.74) is 0.202. The zero-order valence-corrected chi connectivity index (χ0v) is 9.68. The molecule has 1 fully saturated rings. The molecule has 2 nitrogen and oxygen atoms in total. The molecule has 2 N–H and O–H groups in total. The van der Waals surface area contributed by atoms with E-state index in [4.69, 9.17) is 0 Å². The molecule has 0 aromatic carbocycles. The lowest BCUT2D eigenvalue weighted by molar-refractivity contribution is 0.0822. The summed E-state index contributed by atoms with van der Waals surface area (Å²) in [6.45, 7) is 7.04. The van der Waals surface area contributed by atoms with Gasteiger partial charge in [0.05, 0.1) is 0 Å². The zero-order valence-electron chi connectivity index (χ0n) is 9.68. The zero-order chi connectivity index (χ0) is 10.4. The number of hydrogen-bond donors (Lipinski definition) is 2. The third kappa shape index (κ3) is 3.58. The van der Waals surface area contributed by atoms with Crippen molar-refractivity contribution in [3.05, 3.63) is 0 Å². The predicted octanol–water partition coefficient (Wildman–Crippen LogP) is 2.17. The predicted molar refractivity (Wildman–Crippen MR) is 60.3 cm³/mol. The Morgan fingerprint density at radius 2 is 2.21 bits per heavy atom. The molecule has 1 saturated heterocycles. The first-order valence-corrected chi connectivity index (χ1v) is 6.00. The molecule has 0 amide bonds. The lowest BCUT2D eigenvalue weighted by Gasteiger charge is -2.36. The van der Waals surface area contributed by atoms with Crippen LogP contribution < -0.4 is 5.32 Å². The van der Waals surface area contributed by atoms with Gasteiger partial charge in [-0.25, -0.2) is 0 Å². The van der Waals surface area contributed by atoms with Crippen LogP contribution in [0.25, 0.3) is 0 Å². The highest BCUT2D eigenvalue weighted by atomic mass is 16.3. The van der Waals surface area contributed by atoms with Gasteiger partial charge in [-0.15, -0.1) is 0 Å². The van der Waals surface area contributed by atoms with Crippen molar-refractivity contribution in [1.82, 2.24) is 5.32 Å². The third-order valence-corrected chi connectivity index (χ3v) is 3.38. The monoisotopic (exact) mass is 199 g/mol. The molecule has 1 atom stereocenters. The second-order valence-electron chi connectivity index (χ2n) is 5.22. The summed E-state index contributed by atoms with van der Waals surface area (Å²) >= 11 is 0. The first kappa shape index (κ1) is 12.0. The van der Waals surface area contributed by atoms with Crippen molar-refractivity contribution in [1.29, 1.82) is 0 Å². The fourth-order valence-corrected chi connectivity index (χ4v) is 2.34. The van der Waals surface area contributed by atoms with Crippen LogP contribution >= 0.6 is 0 Å². The minimum absolute atomic E-state index is 0.202. The van der Waals surface area contributed by atoms with Crippen molar-refractivity contribution >= 4 is 0 Å². The van der Waals surface area contributed by atoms with Crippen LogP contribution in [0.1, 0.15) is 46.0 Å². The Balaban J connectivity index is 2.29. The number of hydrogen-bond acceptors (Lipinski definition) is 2. The molecule has 14 heavy (non-hydrogen) atoms. The minimum Gasteiger partial charge on any atom is -0.396 e. The Kier molecular flexibility index (Phi) is 4.90. The Morgan fingerprint density at radius 3 is 2.71 bits per heavy atom. The maximum absolute atomic E-state index is 9.47. The van der Waals surface area contributed by atoms with E-state index in [9.17, 15) is 5.11 Å². The number of aliphatic hydroxyl groups excluding tert-OH is 1. The van der Waals surface area contributed by atoms with E-state index in [1.54, 1.807) is 0 Å². The summed E-state index contributed by atoms with van der Waals surface area (Å²) in [6, 6.07) is 0. The smallest absolute Gasteiger partial charge is 0.0499 e. The van der Waals surface area contributed by atoms with E-state index in [-0.39, 0.29) is 5.41 Å². The second-order valence-corrected chi connectivity index (χ2v) is 5.22. The molecule has 1 rings (SSSR count). The summed E-state index contributed by atoms with van der Waals surface area (Å²) in [6.07, 6.45) is 6.17. The van der Waals surface area contributed by atoms with E-state index in [2.05, 4.69) is 19.2 Å². The molecular formula is C12H25NO. The summed E-state index contributed by atoms with van der Waals surface area (Å²) in [4.78, 5) is 0. The van der Waals surface area contributed by atoms with Crippen LogP contribution in [0, 0.1) is 11.3 Å². The average Bonchev–Trinajstić information content (AvgIpc) is 2.19. The standard InChI is InChI=1S/C12H25NO/c1-11(2)5-3-6-12(10-14)7-4-8-13-9-12/h11,13-14H,3-10H2,1-2H3. The topological polar surface area (TPSA) is 32.3 Å². The van der Waals surface area contributed by atoms with Gasteiger partial charge >= 0.3 is 0 Å². The summed E-state index contributed by atoms with van der Waals surface area (Å²) in [5.74, 6) is 0.794. The first-order chi connectivity index (χ1) is 6.68. The quantitative estimate of drug-likeness (QED) is 0.711. The van der Waals surface area contributed by atoms with E-state index in [1.165, 1.54) is 32.1 Å². The van der Waals surface area contributed by atoms with Crippen molar-refractivity contribution in [3.8, 4) is 0 Å². The molecule has 1 unspecified atom stereocenters. The van der Waals surface area contributed by atoms with Gasteiger partial charge in [0.1, 0.15) is 0 Å². The van der Waals surface area contributed by atoms with Crippen LogP contribution in [0.15, 0.2) is 0 Å². The SMILES string of the molecule is CC(C)CCCC1(CO)CCCNC1. The lowest BCUT2D eigenvalue weighted by atomic mass is 9.77. The molecule has 84 valence electrons. The second kappa shape index (κ2) is 5.72. The summed E-state index contributed by atoms with van der Waals surface area (Å²) < 4.78 is 0. The van der Waals surface area contributed by atoms with Crippen LogP contribution in [-0.2, 0) is 0 Å². The van der Waals surface area contributed by atoms with Crippen molar-refractivity contribution in [2.75, 3.05) is 19.7 Å². The highest BCUT2D eigenvalue weighted by Crippen LogP contribution is 2.31. The average molecular weight is 199 g/mol. The number of nitrogens with one attached hydrogen (secondary N) is 1. The molecule has 0 aromatic heterocycles. The van der Waals surface area contributed by atoms with Gasteiger partial charge < -0.3 is 10.4 Å². The van der Waals surface area contributed by atoms with Gasteiger partial charge in [0.2, 0.25) is 0 Å². The Morgan fingerprint density at radius 1 is 1.43 bits per heavy atom. The van der Waals surface area contributed by atoms with E-state index in [0.29, 0.717) is 6.61 Å². The van der Waals surface area contributed by atoms with Gasteiger partial charge in [-0.05, 0) is 31.7 Å². The third-order valence-electron chi connectivity index (χ3n) is 3.38. The number of piperidine rings is 1. The van der Waals surface area contributed by atoms with E-state index in [1.807, 2.05) is 0 Å². The molecule has 0 aliphatic carbocycles. The maximum Gasteiger partial charge on any atom is 0.0499 e. The first-order valence-electron chi connectivity index (χ1n) is 6.00. The highest BCUT2D eigenvalue weighted by molar-refractivity contribution is 4.84. The Hall–Kier alpha value is -0.0800. The summed E-state index contributed by atoms with van der Waals surface area (Å²) in [7, 11) is 0. The Labute approximate surface area is 88.1 Å². The van der Waals surface area contributed by atoms with Gasteiger partial charge in [0.15, 0.2) is 0 Å². The van der Waals surface area contributed by atoms with Gasteiger partial charge in [0, 0.05) is 18.6 Å². The Bertz CT molecular complexity index is 150. The van der Waals surface area contributed by atoms with E-state index in [0.717, 1.165) is 19.0 Å². The van der Waals surface area contributed by atoms with Crippen LogP contribution in [0.4, 0.5) is 0 Å². The molecule has 2 heteroatoms.